The highest BCUT2D eigenvalue weighted by Gasteiger charge is 2.18. The second-order valence-electron chi connectivity index (χ2n) is 6.69. The second-order valence-corrected chi connectivity index (χ2v) is 8.24. The first-order valence-corrected chi connectivity index (χ1v) is 10.6. The van der Waals surface area contributed by atoms with E-state index in [1.807, 2.05) is 60.7 Å². The number of rotatable bonds is 9. The Morgan fingerprint density at radius 1 is 1.03 bits per heavy atom. The third-order valence-corrected chi connectivity index (χ3v) is 5.51. The fourth-order valence-electron chi connectivity index (χ4n) is 2.67. The van der Waals surface area contributed by atoms with E-state index < -0.39 is 24.3 Å². The van der Waals surface area contributed by atoms with E-state index in [9.17, 15) is 9.59 Å². The minimum Gasteiger partial charge on any atom is -0.489 e. The third kappa shape index (κ3) is 7.03. The maximum absolute atomic E-state index is 12.0. The fourth-order valence-corrected chi connectivity index (χ4v) is 3.87. The van der Waals surface area contributed by atoms with Crippen molar-refractivity contribution in [3.8, 4) is 5.75 Å². The van der Waals surface area contributed by atoms with Gasteiger partial charge in [0.2, 0.25) is 5.91 Å². The van der Waals surface area contributed by atoms with Crippen molar-refractivity contribution in [1.29, 1.82) is 0 Å². The molecule has 1 amide bonds. The number of carbonyl (C=O) groups is 2. The first kappa shape index (κ1) is 22.7. The van der Waals surface area contributed by atoms with Crippen LogP contribution in [0.5, 0.6) is 5.75 Å². The van der Waals surface area contributed by atoms with Crippen molar-refractivity contribution in [1.82, 2.24) is 0 Å². The van der Waals surface area contributed by atoms with E-state index in [0.717, 1.165) is 21.1 Å². The molecule has 0 saturated heterocycles. The Balaban J connectivity index is 1.62. The molecule has 0 saturated carbocycles. The van der Waals surface area contributed by atoms with E-state index in [-0.39, 0.29) is 0 Å². The van der Waals surface area contributed by atoms with Crippen molar-refractivity contribution in [2.75, 3.05) is 5.32 Å². The van der Waals surface area contributed by atoms with Gasteiger partial charge in [0.15, 0.2) is 0 Å². The van der Waals surface area contributed by atoms with E-state index in [1.165, 1.54) is 11.8 Å². The Morgan fingerprint density at radius 3 is 2.48 bits per heavy atom. The number of nitrogens with one attached hydrogen (secondary N) is 1. The average Bonchev–Trinajstić information content (AvgIpc) is 2.74. The molecular formula is C23H21ClN2O4S. The number of ether oxygens (including phenoxy) is 1. The van der Waals surface area contributed by atoms with Crippen LogP contribution in [0.4, 0.5) is 5.69 Å². The van der Waals surface area contributed by atoms with Crippen LogP contribution in [-0.4, -0.2) is 23.0 Å². The minimum absolute atomic E-state index is 0.331. The molecule has 0 spiro atoms. The van der Waals surface area contributed by atoms with E-state index in [4.69, 9.17) is 27.2 Å². The number of aliphatic carboxylic acids is 1. The summed E-state index contributed by atoms with van der Waals surface area (Å²) in [5, 5.41) is 11.6. The zero-order valence-corrected chi connectivity index (χ0v) is 18.0. The van der Waals surface area contributed by atoms with Crippen molar-refractivity contribution < 1.29 is 19.4 Å². The van der Waals surface area contributed by atoms with Crippen LogP contribution >= 0.6 is 23.4 Å². The first-order valence-electron chi connectivity index (χ1n) is 9.43. The number of carboxylic acids is 1. The Morgan fingerprint density at radius 2 is 1.77 bits per heavy atom. The molecule has 1 atom stereocenters. The van der Waals surface area contributed by atoms with Crippen molar-refractivity contribution in [2.24, 2.45) is 5.73 Å². The number of anilines is 1. The van der Waals surface area contributed by atoms with Crippen LogP contribution in [0.2, 0.25) is 5.02 Å². The molecule has 0 aromatic heterocycles. The van der Waals surface area contributed by atoms with Crippen LogP contribution in [0, 0.1) is 0 Å². The van der Waals surface area contributed by atoms with Crippen molar-refractivity contribution >= 4 is 40.9 Å². The van der Waals surface area contributed by atoms with Gasteiger partial charge in [-0.1, -0.05) is 59.8 Å². The van der Waals surface area contributed by atoms with Gasteiger partial charge < -0.3 is 20.9 Å². The number of carbonyl (C=O) groups excluding carboxylic acids is 1. The minimum atomic E-state index is -1.15. The topological polar surface area (TPSA) is 102 Å². The van der Waals surface area contributed by atoms with Crippen molar-refractivity contribution in [3.05, 3.63) is 83.4 Å². The lowest BCUT2D eigenvalue weighted by atomic mass is 10.2. The molecular weight excluding hydrogens is 436 g/mol. The summed E-state index contributed by atoms with van der Waals surface area (Å²) < 4.78 is 5.87. The molecule has 3 aromatic rings. The van der Waals surface area contributed by atoms with Gasteiger partial charge in [-0.3, -0.25) is 9.59 Å². The maximum Gasteiger partial charge on any atom is 0.305 e. The summed E-state index contributed by atoms with van der Waals surface area (Å²) in [6.07, 6.45) is -0.458. The quantitative estimate of drug-likeness (QED) is 0.427. The van der Waals surface area contributed by atoms with Crippen LogP contribution in [0.25, 0.3) is 0 Å². The molecule has 0 aliphatic carbocycles. The number of hydrogen-bond donors (Lipinski definition) is 3. The average molecular weight is 457 g/mol. The molecule has 3 rings (SSSR count). The standard InChI is InChI=1S/C23H21ClN2O4S/c24-19-12-18(9-10-21(19)26-23(29)20(25)13-22(27)28)31-17-8-4-7-16(11-17)30-14-15-5-2-1-3-6-15/h1-12,20H,13-14,25H2,(H,26,29)(H,27,28)/t20-/m0/s1. The molecule has 0 fully saturated rings. The lowest BCUT2D eigenvalue weighted by Gasteiger charge is -2.12. The molecule has 160 valence electrons. The van der Waals surface area contributed by atoms with E-state index in [0.29, 0.717) is 17.3 Å². The van der Waals surface area contributed by atoms with Gasteiger partial charge in [-0.25, -0.2) is 0 Å². The Hall–Kier alpha value is -3.00. The molecule has 0 bridgehead atoms. The number of hydrogen-bond acceptors (Lipinski definition) is 5. The molecule has 0 aliphatic rings. The number of benzene rings is 3. The Kier molecular flexibility index (Phi) is 7.94. The van der Waals surface area contributed by atoms with Gasteiger partial charge in [0.05, 0.1) is 23.2 Å². The molecule has 0 radical (unpaired) electrons. The molecule has 8 heteroatoms. The van der Waals surface area contributed by atoms with Crippen LogP contribution < -0.4 is 15.8 Å². The van der Waals surface area contributed by atoms with Gasteiger partial charge in [0.25, 0.3) is 0 Å². The maximum atomic E-state index is 12.0. The smallest absolute Gasteiger partial charge is 0.305 e. The van der Waals surface area contributed by atoms with Gasteiger partial charge in [-0.2, -0.15) is 0 Å². The zero-order valence-electron chi connectivity index (χ0n) is 16.5. The van der Waals surface area contributed by atoms with E-state index >= 15 is 0 Å². The highest BCUT2D eigenvalue weighted by molar-refractivity contribution is 7.99. The molecule has 0 aliphatic heterocycles. The van der Waals surface area contributed by atoms with Crippen molar-refractivity contribution in [3.63, 3.8) is 0 Å². The highest BCUT2D eigenvalue weighted by Crippen LogP contribution is 2.34. The van der Waals surface area contributed by atoms with Crippen LogP contribution in [0.1, 0.15) is 12.0 Å². The fraction of sp³-hybridized carbons (Fsp3) is 0.130. The predicted molar refractivity (Wildman–Crippen MR) is 122 cm³/mol. The van der Waals surface area contributed by atoms with Crippen LogP contribution in [0.3, 0.4) is 0 Å². The molecule has 0 unspecified atom stereocenters. The number of carboxylic acid groups (broad SMARTS) is 1. The number of amides is 1. The monoisotopic (exact) mass is 456 g/mol. The lowest BCUT2D eigenvalue weighted by Crippen LogP contribution is -2.37. The molecule has 4 N–H and O–H groups in total. The van der Waals surface area contributed by atoms with Crippen LogP contribution in [0.15, 0.2) is 82.6 Å². The van der Waals surface area contributed by atoms with Gasteiger partial charge >= 0.3 is 5.97 Å². The van der Waals surface area contributed by atoms with Crippen LogP contribution in [-0.2, 0) is 16.2 Å². The summed E-state index contributed by atoms with van der Waals surface area (Å²) in [4.78, 5) is 24.5. The summed E-state index contributed by atoms with van der Waals surface area (Å²) in [6, 6.07) is 21.7. The van der Waals surface area contributed by atoms with E-state index in [2.05, 4.69) is 5.32 Å². The normalized spacial score (nSPS) is 11.5. The first-order chi connectivity index (χ1) is 14.9. The summed E-state index contributed by atoms with van der Waals surface area (Å²) in [6.45, 7) is 0.485. The number of nitrogens with two attached hydrogens (primary N) is 1. The summed E-state index contributed by atoms with van der Waals surface area (Å²) >= 11 is 7.79. The molecule has 31 heavy (non-hydrogen) atoms. The summed E-state index contributed by atoms with van der Waals surface area (Å²) in [5.74, 6) is -0.986. The number of halogens is 1. The lowest BCUT2D eigenvalue weighted by molar-refractivity contribution is -0.138. The van der Waals surface area contributed by atoms with Gasteiger partial charge in [-0.05, 0) is 42.0 Å². The van der Waals surface area contributed by atoms with Gasteiger partial charge in [-0.15, -0.1) is 0 Å². The second kappa shape index (κ2) is 10.9. The Labute approximate surface area is 189 Å². The SMILES string of the molecule is N[C@@H](CC(=O)O)C(=O)Nc1ccc(Sc2cccc(OCc3ccccc3)c2)cc1Cl. The highest BCUT2D eigenvalue weighted by atomic mass is 35.5. The van der Waals surface area contributed by atoms with Gasteiger partial charge in [0.1, 0.15) is 12.4 Å². The van der Waals surface area contributed by atoms with Gasteiger partial charge in [0, 0.05) is 9.79 Å². The summed E-state index contributed by atoms with van der Waals surface area (Å²) in [5.41, 5.74) is 7.03. The Bertz CT molecular complexity index is 1060. The molecule has 6 nitrogen and oxygen atoms in total. The zero-order chi connectivity index (χ0) is 22.2. The predicted octanol–water partition coefficient (Wildman–Crippen LogP) is 4.81. The third-order valence-electron chi connectivity index (χ3n) is 4.22. The molecule has 0 heterocycles. The molecule has 3 aromatic carbocycles. The summed E-state index contributed by atoms with van der Waals surface area (Å²) in [7, 11) is 0. The largest absolute Gasteiger partial charge is 0.489 e. The van der Waals surface area contributed by atoms with E-state index in [1.54, 1.807) is 12.1 Å². The van der Waals surface area contributed by atoms with Crippen molar-refractivity contribution in [2.45, 2.75) is 28.9 Å².